The summed E-state index contributed by atoms with van der Waals surface area (Å²) in [4.78, 5) is 16.5. The number of hydrogen-bond donors (Lipinski definition) is 0. The van der Waals surface area contributed by atoms with Gasteiger partial charge in [-0.05, 0) is 11.6 Å². The number of carbonyl (C=O) groups excluding carboxylic acids is 1. The summed E-state index contributed by atoms with van der Waals surface area (Å²) < 4.78 is 13.5. The smallest absolute Gasteiger partial charge is 0.144 e. The van der Waals surface area contributed by atoms with Crippen molar-refractivity contribution < 1.29 is 9.18 Å². The second-order valence-electron chi connectivity index (χ2n) is 5.86. The lowest BCUT2D eigenvalue weighted by Gasteiger charge is -2.14. The topological polar surface area (TPSA) is 30.0 Å². The molecule has 2 rings (SSSR count). The third kappa shape index (κ3) is 3.73. The lowest BCUT2D eigenvalue weighted by molar-refractivity contribution is -0.117. The molecule has 0 radical (unpaired) electrons. The number of hydrogen-bond acceptors (Lipinski definition) is 3. The molecule has 0 aliphatic heterocycles. The zero-order valence-corrected chi connectivity index (χ0v) is 12.8. The maximum atomic E-state index is 13.5. The summed E-state index contributed by atoms with van der Waals surface area (Å²) in [6, 6.07) is 6.39. The Bertz CT molecular complexity index is 613. The Kier molecular flexibility index (Phi) is 4.33. The first-order valence-corrected chi connectivity index (χ1v) is 7.44. The van der Waals surface area contributed by atoms with Crippen molar-refractivity contribution >= 4 is 17.1 Å². The Balaban J connectivity index is 2.02. The molecule has 0 fully saturated rings. The Morgan fingerprint density at radius 1 is 1.25 bits per heavy atom. The number of Topliss-reactive ketones (excluding diaryl/α,β-unsaturated/α-hetero) is 1. The van der Waals surface area contributed by atoms with Crippen molar-refractivity contribution in [2.75, 3.05) is 0 Å². The highest BCUT2D eigenvalue weighted by Gasteiger charge is 2.18. The summed E-state index contributed by atoms with van der Waals surface area (Å²) in [5, 5.41) is 2.79. The number of nitrogens with zero attached hydrogens (tertiary/aromatic N) is 1. The van der Waals surface area contributed by atoms with E-state index >= 15 is 0 Å². The summed E-state index contributed by atoms with van der Waals surface area (Å²) >= 11 is 1.49. The molecule has 4 heteroatoms. The number of thiazole rings is 1. The largest absolute Gasteiger partial charge is 0.299 e. The van der Waals surface area contributed by atoms with E-state index in [2.05, 4.69) is 25.8 Å². The summed E-state index contributed by atoms with van der Waals surface area (Å²) in [5.74, 6) is -0.333. The van der Waals surface area contributed by atoms with Gasteiger partial charge < -0.3 is 0 Å². The van der Waals surface area contributed by atoms with Crippen molar-refractivity contribution in [2.45, 2.75) is 39.0 Å². The van der Waals surface area contributed by atoms with Crippen LogP contribution in [0.4, 0.5) is 4.39 Å². The zero-order chi connectivity index (χ0) is 14.8. The Hall–Kier alpha value is -1.55. The molecule has 0 spiro atoms. The van der Waals surface area contributed by atoms with Crippen LogP contribution in [0.15, 0.2) is 29.6 Å². The molecule has 0 amide bonds. The highest BCUT2D eigenvalue weighted by molar-refractivity contribution is 7.09. The molecule has 1 aromatic carbocycles. The average Bonchev–Trinajstić information content (AvgIpc) is 2.80. The first-order chi connectivity index (χ1) is 9.36. The van der Waals surface area contributed by atoms with Crippen molar-refractivity contribution in [1.82, 2.24) is 4.98 Å². The van der Waals surface area contributed by atoms with Crippen molar-refractivity contribution in [3.63, 3.8) is 0 Å². The van der Waals surface area contributed by atoms with E-state index in [0.717, 1.165) is 10.7 Å². The van der Waals surface area contributed by atoms with Crippen molar-refractivity contribution in [3.8, 4) is 0 Å². The van der Waals surface area contributed by atoms with Gasteiger partial charge in [0, 0.05) is 17.2 Å². The maximum absolute atomic E-state index is 13.5. The van der Waals surface area contributed by atoms with Crippen LogP contribution in [0.1, 0.15) is 37.0 Å². The van der Waals surface area contributed by atoms with Gasteiger partial charge in [-0.1, -0.05) is 39.0 Å². The average molecular weight is 291 g/mol. The third-order valence-corrected chi connectivity index (χ3v) is 3.86. The molecule has 0 atom stereocenters. The molecule has 0 aliphatic rings. The molecule has 20 heavy (non-hydrogen) atoms. The second kappa shape index (κ2) is 5.83. The van der Waals surface area contributed by atoms with Gasteiger partial charge in [-0.3, -0.25) is 4.79 Å². The predicted octanol–water partition coefficient (Wildman–Crippen LogP) is 3.93. The van der Waals surface area contributed by atoms with Gasteiger partial charge in [0.2, 0.25) is 0 Å². The monoisotopic (exact) mass is 291 g/mol. The minimum Gasteiger partial charge on any atom is -0.299 e. The van der Waals surface area contributed by atoms with Gasteiger partial charge >= 0.3 is 0 Å². The molecule has 0 N–H and O–H groups in total. The SMILES string of the molecule is CC(C)(C)c1csc(CC(=O)Cc2ccccc2F)n1. The highest BCUT2D eigenvalue weighted by atomic mass is 32.1. The van der Waals surface area contributed by atoms with Gasteiger partial charge in [-0.2, -0.15) is 0 Å². The molecule has 1 heterocycles. The van der Waals surface area contributed by atoms with E-state index in [9.17, 15) is 9.18 Å². The minimum atomic E-state index is -0.324. The van der Waals surface area contributed by atoms with E-state index in [1.165, 1.54) is 17.4 Å². The van der Waals surface area contributed by atoms with Gasteiger partial charge in [-0.25, -0.2) is 9.37 Å². The van der Waals surface area contributed by atoms with Crippen LogP contribution in [0.3, 0.4) is 0 Å². The number of halogens is 1. The van der Waals surface area contributed by atoms with Gasteiger partial charge in [0.1, 0.15) is 16.6 Å². The van der Waals surface area contributed by atoms with E-state index in [4.69, 9.17) is 0 Å². The number of benzene rings is 1. The van der Waals surface area contributed by atoms with Crippen LogP contribution in [0.5, 0.6) is 0 Å². The van der Waals surface area contributed by atoms with Crippen molar-refractivity contribution in [1.29, 1.82) is 0 Å². The standard InChI is InChI=1S/C16H18FNOS/c1-16(2,3)14-10-20-15(18-14)9-12(19)8-11-6-4-5-7-13(11)17/h4-7,10H,8-9H2,1-3H3. The summed E-state index contributed by atoms with van der Waals surface area (Å²) in [7, 11) is 0. The number of rotatable bonds is 4. The van der Waals surface area contributed by atoms with Crippen LogP contribution >= 0.6 is 11.3 Å². The minimum absolute atomic E-state index is 0.00934. The molecule has 0 bridgehead atoms. The fraction of sp³-hybridized carbons (Fsp3) is 0.375. The van der Waals surface area contributed by atoms with Gasteiger partial charge in [0.25, 0.3) is 0 Å². The van der Waals surface area contributed by atoms with Crippen molar-refractivity contribution in [3.05, 3.63) is 51.7 Å². The van der Waals surface area contributed by atoms with Crippen LogP contribution in [-0.2, 0) is 23.1 Å². The van der Waals surface area contributed by atoms with E-state index in [1.54, 1.807) is 18.2 Å². The normalized spacial score (nSPS) is 11.6. The first-order valence-electron chi connectivity index (χ1n) is 6.56. The summed E-state index contributed by atoms with van der Waals surface area (Å²) in [6.07, 6.45) is 0.395. The number of carbonyl (C=O) groups is 1. The van der Waals surface area contributed by atoms with E-state index in [1.807, 2.05) is 5.38 Å². The van der Waals surface area contributed by atoms with Crippen LogP contribution < -0.4 is 0 Å². The maximum Gasteiger partial charge on any atom is 0.144 e. The highest BCUT2D eigenvalue weighted by Crippen LogP contribution is 2.24. The van der Waals surface area contributed by atoms with Gasteiger partial charge in [0.05, 0.1) is 12.1 Å². The van der Waals surface area contributed by atoms with Crippen molar-refractivity contribution in [2.24, 2.45) is 0 Å². The van der Waals surface area contributed by atoms with Crippen LogP contribution in [0, 0.1) is 5.82 Å². The molecule has 2 aromatic rings. The summed E-state index contributed by atoms with van der Waals surface area (Å²) in [5.41, 5.74) is 1.44. The Morgan fingerprint density at radius 2 is 1.95 bits per heavy atom. The molecule has 0 unspecified atom stereocenters. The van der Waals surface area contributed by atoms with Crippen LogP contribution in [-0.4, -0.2) is 10.8 Å². The lowest BCUT2D eigenvalue weighted by Crippen LogP contribution is -2.12. The number of aromatic nitrogens is 1. The predicted molar refractivity (Wildman–Crippen MR) is 79.6 cm³/mol. The van der Waals surface area contributed by atoms with Gasteiger partial charge in [-0.15, -0.1) is 11.3 Å². The molecule has 0 aliphatic carbocycles. The van der Waals surface area contributed by atoms with Gasteiger partial charge in [0.15, 0.2) is 0 Å². The molecule has 0 saturated heterocycles. The quantitative estimate of drug-likeness (QED) is 0.854. The van der Waals surface area contributed by atoms with E-state index < -0.39 is 0 Å². The zero-order valence-electron chi connectivity index (χ0n) is 11.9. The molecular formula is C16H18FNOS. The first kappa shape index (κ1) is 14.9. The summed E-state index contributed by atoms with van der Waals surface area (Å²) in [6.45, 7) is 6.27. The third-order valence-electron chi connectivity index (χ3n) is 3.01. The van der Waals surface area contributed by atoms with E-state index in [0.29, 0.717) is 5.56 Å². The van der Waals surface area contributed by atoms with E-state index in [-0.39, 0.29) is 29.9 Å². The Labute approximate surface area is 122 Å². The Morgan fingerprint density at radius 3 is 2.55 bits per heavy atom. The van der Waals surface area contributed by atoms with Crippen LogP contribution in [0.2, 0.25) is 0 Å². The molecule has 0 saturated carbocycles. The molecule has 106 valence electrons. The fourth-order valence-electron chi connectivity index (χ4n) is 1.82. The molecular weight excluding hydrogens is 273 g/mol. The molecule has 2 nitrogen and oxygen atoms in total. The number of ketones is 1. The fourth-order valence-corrected chi connectivity index (χ4v) is 2.87. The van der Waals surface area contributed by atoms with Crippen LogP contribution in [0.25, 0.3) is 0 Å². The lowest BCUT2D eigenvalue weighted by atomic mass is 9.93. The molecule has 1 aromatic heterocycles. The second-order valence-corrected chi connectivity index (χ2v) is 6.80.